The van der Waals surface area contributed by atoms with Crippen molar-refractivity contribution >= 4 is 5.97 Å². The van der Waals surface area contributed by atoms with Gasteiger partial charge in [0, 0.05) is 21.1 Å². The summed E-state index contributed by atoms with van der Waals surface area (Å²) in [6.07, 6.45) is -0.717. The van der Waals surface area contributed by atoms with E-state index in [4.69, 9.17) is 18.9 Å². The van der Waals surface area contributed by atoms with Gasteiger partial charge in [-0.2, -0.15) is 0 Å². The van der Waals surface area contributed by atoms with Crippen molar-refractivity contribution in [3.63, 3.8) is 0 Å². The lowest BCUT2D eigenvalue weighted by atomic mass is 10.1. The zero-order chi connectivity index (χ0) is 10.6. The average molecular weight is 204 g/mol. The molecule has 1 aliphatic heterocycles. The summed E-state index contributed by atoms with van der Waals surface area (Å²) in [5.41, 5.74) is 0. The fourth-order valence-corrected chi connectivity index (χ4v) is 1.57. The third-order valence-corrected chi connectivity index (χ3v) is 2.13. The summed E-state index contributed by atoms with van der Waals surface area (Å²) in [4.78, 5) is 10.8. The Morgan fingerprint density at radius 2 is 2.21 bits per heavy atom. The van der Waals surface area contributed by atoms with Gasteiger partial charge in [0.2, 0.25) is 0 Å². The Balaban J connectivity index is 2.49. The average Bonchev–Trinajstić information content (AvgIpc) is 2.47. The van der Waals surface area contributed by atoms with Gasteiger partial charge in [0.15, 0.2) is 6.10 Å². The summed E-state index contributed by atoms with van der Waals surface area (Å²) >= 11 is 0. The van der Waals surface area contributed by atoms with E-state index in [1.807, 2.05) is 0 Å². The molecule has 1 fully saturated rings. The predicted octanol–water partition coefficient (Wildman–Crippen LogP) is -0.0217. The maximum atomic E-state index is 10.8. The first-order valence-corrected chi connectivity index (χ1v) is 4.49. The molecule has 14 heavy (non-hydrogen) atoms. The first-order chi connectivity index (χ1) is 6.69. The molecule has 0 aromatic heterocycles. The minimum atomic E-state index is -0.322. The number of esters is 1. The van der Waals surface area contributed by atoms with Gasteiger partial charge in [0.25, 0.3) is 0 Å². The summed E-state index contributed by atoms with van der Waals surface area (Å²) < 4.78 is 20.6. The van der Waals surface area contributed by atoms with Crippen LogP contribution in [0.5, 0.6) is 0 Å². The smallest absolute Gasteiger partial charge is 0.303 e. The van der Waals surface area contributed by atoms with Gasteiger partial charge >= 0.3 is 5.97 Å². The summed E-state index contributed by atoms with van der Waals surface area (Å²) in [6.45, 7) is 2.18. The molecule has 0 N–H and O–H groups in total. The molecule has 82 valence electrons. The lowest BCUT2D eigenvalue weighted by Gasteiger charge is -2.20. The predicted molar refractivity (Wildman–Crippen MR) is 48.0 cm³/mol. The highest BCUT2D eigenvalue weighted by atomic mass is 16.6. The lowest BCUT2D eigenvalue weighted by Crippen LogP contribution is -2.37. The van der Waals surface area contributed by atoms with Crippen molar-refractivity contribution in [1.29, 1.82) is 0 Å². The molecule has 0 bridgehead atoms. The molecule has 5 heteroatoms. The summed E-state index contributed by atoms with van der Waals surface area (Å²) in [6, 6.07) is 0. The van der Waals surface area contributed by atoms with Gasteiger partial charge in [-0.1, -0.05) is 0 Å². The molecule has 0 aromatic rings. The minimum Gasteiger partial charge on any atom is -0.457 e. The number of rotatable bonds is 4. The molecule has 0 radical (unpaired) electrons. The van der Waals surface area contributed by atoms with Crippen LogP contribution >= 0.6 is 0 Å². The Morgan fingerprint density at radius 3 is 2.71 bits per heavy atom. The van der Waals surface area contributed by atoms with E-state index in [1.165, 1.54) is 6.92 Å². The van der Waals surface area contributed by atoms with Gasteiger partial charge in [0.05, 0.1) is 13.2 Å². The van der Waals surface area contributed by atoms with E-state index in [2.05, 4.69) is 0 Å². The summed E-state index contributed by atoms with van der Waals surface area (Å²) in [5.74, 6) is -0.321. The SMILES string of the molecule is COC[C@H]1OC[C@H](OC(C)=O)[C@@H]1OC. The van der Waals surface area contributed by atoms with Crippen LogP contribution in [0.25, 0.3) is 0 Å². The van der Waals surface area contributed by atoms with E-state index in [1.54, 1.807) is 14.2 Å². The summed E-state index contributed by atoms with van der Waals surface area (Å²) in [7, 11) is 3.16. The van der Waals surface area contributed by atoms with Gasteiger partial charge in [-0.05, 0) is 0 Å². The fraction of sp³-hybridized carbons (Fsp3) is 0.889. The molecule has 0 saturated carbocycles. The van der Waals surface area contributed by atoms with Crippen LogP contribution in [0.3, 0.4) is 0 Å². The summed E-state index contributed by atoms with van der Waals surface area (Å²) in [5, 5.41) is 0. The van der Waals surface area contributed by atoms with E-state index >= 15 is 0 Å². The molecule has 0 spiro atoms. The van der Waals surface area contributed by atoms with E-state index in [-0.39, 0.29) is 24.3 Å². The highest BCUT2D eigenvalue weighted by Gasteiger charge is 2.39. The molecule has 1 rings (SSSR count). The van der Waals surface area contributed by atoms with Crippen LogP contribution in [0.4, 0.5) is 0 Å². The van der Waals surface area contributed by atoms with Gasteiger partial charge < -0.3 is 18.9 Å². The van der Waals surface area contributed by atoms with E-state index in [0.717, 1.165) is 0 Å². The van der Waals surface area contributed by atoms with Crippen molar-refractivity contribution in [3.05, 3.63) is 0 Å². The topological polar surface area (TPSA) is 54.0 Å². The second-order valence-corrected chi connectivity index (χ2v) is 3.18. The first-order valence-electron chi connectivity index (χ1n) is 4.49. The molecular weight excluding hydrogens is 188 g/mol. The molecule has 5 nitrogen and oxygen atoms in total. The maximum Gasteiger partial charge on any atom is 0.303 e. The Morgan fingerprint density at radius 1 is 1.50 bits per heavy atom. The molecule has 1 saturated heterocycles. The van der Waals surface area contributed by atoms with Gasteiger partial charge in [-0.25, -0.2) is 0 Å². The van der Waals surface area contributed by atoms with Crippen molar-refractivity contribution in [1.82, 2.24) is 0 Å². The van der Waals surface area contributed by atoms with Crippen LogP contribution in [-0.4, -0.2) is 51.7 Å². The Kier molecular flexibility index (Phi) is 4.31. The highest BCUT2D eigenvalue weighted by molar-refractivity contribution is 5.66. The van der Waals surface area contributed by atoms with Crippen LogP contribution < -0.4 is 0 Å². The Hall–Kier alpha value is -0.650. The lowest BCUT2D eigenvalue weighted by molar-refractivity contribution is -0.151. The second kappa shape index (κ2) is 5.29. The van der Waals surface area contributed by atoms with Crippen molar-refractivity contribution < 1.29 is 23.7 Å². The quantitative estimate of drug-likeness (QED) is 0.602. The number of carbonyl (C=O) groups is 1. The van der Waals surface area contributed by atoms with Crippen molar-refractivity contribution in [2.45, 2.75) is 25.2 Å². The molecule has 3 atom stereocenters. The number of hydrogen-bond acceptors (Lipinski definition) is 5. The molecule has 0 aromatic carbocycles. The first kappa shape index (κ1) is 11.4. The minimum absolute atomic E-state index is 0.158. The number of carbonyl (C=O) groups excluding carboxylic acids is 1. The number of hydrogen-bond donors (Lipinski definition) is 0. The normalized spacial score (nSPS) is 31.8. The van der Waals surface area contributed by atoms with Gasteiger partial charge in [-0.15, -0.1) is 0 Å². The van der Waals surface area contributed by atoms with Crippen molar-refractivity contribution in [2.75, 3.05) is 27.4 Å². The van der Waals surface area contributed by atoms with Crippen LogP contribution in [0.1, 0.15) is 6.92 Å². The maximum absolute atomic E-state index is 10.8. The molecule has 0 aliphatic carbocycles. The van der Waals surface area contributed by atoms with Gasteiger partial charge in [-0.3, -0.25) is 4.79 Å². The van der Waals surface area contributed by atoms with Gasteiger partial charge in [0.1, 0.15) is 12.2 Å². The van der Waals surface area contributed by atoms with Crippen LogP contribution in [0.15, 0.2) is 0 Å². The van der Waals surface area contributed by atoms with E-state index in [9.17, 15) is 4.79 Å². The monoisotopic (exact) mass is 204 g/mol. The number of ether oxygens (including phenoxy) is 4. The zero-order valence-corrected chi connectivity index (χ0v) is 8.69. The van der Waals surface area contributed by atoms with Crippen molar-refractivity contribution in [3.8, 4) is 0 Å². The Labute approximate surface area is 83.3 Å². The van der Waals surface area contributed by atoms with E-state index in [0.29, 0.717) is 13.2 Å². The third-order valence-electron chi connectivity index (χ3n) is 2.13. The third kappa shape index (κ3) is 2.67. The number of methoxy groups -OCH3 is 2. The molecule has 0 unspecified atom stereocenters. The van der Waals surface area contributed by atoms with Crippen LogP contribution in [0, 0.1) is 0 Å². The van der Waals surface area contributed by atoms with Crippen LogP contribution in [0.2, 0.25) is 0 Å². The molecule has 1 heterocycles. The van der Waals surface area contributed by atoms with Crippen molar-refractivity contribution in [2.24, 2.45) is 0 Å². The molecule has 1 aliphatic rings. The standard InChI is InChI=1S/C9H16O5/c1-6(10)14-8-5-13-7(4-11-2)9(8)12-3/h7-9H,4-5H2,1-3H3/t7-,8+,9-/m1/s1. The molecule has 0 amide bonds. The second-order valence-electron chi connectivity index (χ2n) is 3.18. The molecular formula is C9H16O5. The van der Waals surface area contributed by atoms with Crippen LogP contribution in [-0.2, 0) is 23.7 Å². The fourth-order valence-electron chi connectivity index (χ4n) is 1.57. The Bertz CT molecular complexity index is 194. The van der Waals surface area contributed by atoms with E-state index < -0.39 is 0 Å². The largest absolute Gasteiger partial charge is 0.457 e. The zero-order valence-electron chi connectivity index (χ0n) is 8.69. The highest BCUT2D eigenvalue weighted by Crippen LogP contribution is 2.20.